The Kier molecular flexibility index (Phi) is 4.33. The SMILES string of the molecule is Cc1cc(Cl)cc(C)c1Oc1ccc(/C(N)=N/O)cc1F. The fraction of sp³-hybridized carbons (Fsp3) is 0.133. The fourth-order valence-corrected chi connectivity index (χ4v) is 2.30. The van der Waals surface area contributed by atoms with Crippen LogP contribution in [0.2, 0.25) is 5.02 Å². The maximum atomic E-state index is 14.0. The van der Waals surface area contributed by atoms with E-state index in [0.29, 0.717) is 10.8 Å². The van der Waals surface area contributed by atoms with Gasteiger partial charge in [0.05, 0.1) is 0 Å². The molecule has 0 heterocycles. The van der Waals surface area contributed by atoms with E-state index in [0.717, 1.165) is 17.2 Å². The first kappa shape index (κ1) is 15.1. The third kappa shape index (κ3) is 3.25. The minimum absolute atomic E-state index is 0.0537. The molecule has 21 heavy (non-hydrogen) atoms. The average molecular weight is 309 g/mol. The Bertz CT molecular complexity index is 694. The molecule has 0 atom stereocenters. The highest BCUT2D eigenvalue weighted by Crippen LogP contribution is 2.32. The summed E-state index contributed by atoms with van der Waals surface area (Å²) >= 11 is 5.95. The van der Waals surface area contributed by atoms with Crippen molar-refractivity contribution in [3.63, 3.8) is 0 Å². The molecule has 0 fully saturated rings. The van der Waals surface area contributed by atoms with Crippen molar-refractivity contribution in [3.8, 4) is 11.5 Å². The van der Waals surface area contributed by atoms with Gasteiger partial charge in [-0.15, -0.1) is 0 Å². The van der Waals surface area contributed by atoms with E-state index < -0.39 is 5.82 Å². The predicted molar refractivity (Wildman–Crippen MR) is 79.9 cm³/mol. The number of nitrogens with zero attached hydrogens (tertiary/aromatic N) is 1. The van der Waals surface area contributed by atoms with E-state index in [1.807, 2.05) is 13.8 Å². The van der Waals surface area contributed by atoms with Gasteiger partial charge >= 0.3 is 0 Å². The average Bonchev–Trinajstić information content (AvgIpc) is 2.43. The second-order valence-electron chi connectivity index (χ2n) is 4.60. The van der Waals surface area contributed by atoms with Crippen molar-refractivity contribution >= 4 is 17.4 Å². The minimum Gasteiger partial charge on any atom is -0.454 e. The molecule has 0 aromatic heterocycles. The molecule has 110 valence electrons. The third-order valence-corrected chi connectivity index (χ3v) is 3.19. The first-order valence-corrected chi connectivity index (χ1v) is 6.52. The largest absolute Gasteiger partial charge is 0.454 e. The molecule has 0 aliphatic rings. The minimum atomic E-state index is -0.604. The lowest BCUT2D eigenvalue weighted by molar-refractivity contribution is 0.318. The number of ether oxygens (including phenoxy) is 1. The van der Waals surface area contributed by atoms with Crippen molar-refractivity contribution in [2.24, 2.45) is 10.9 Å². The number of halogens is 2. The summed E-state index contributed by atoms with van der Waals surface area (Å²) in [5.74, 6) is -0.167. The van der Waals surface area contributed by atoms with Crippen LogP contribution in [0.4, 0.5) is 4.39 Å². The highest BCUT2D eigenvalue weighted by atomic mass is 35.5. The highest BCUT2D eigenvalue weighted by molar-refractivity contribution is 6.30. The molecule has 0 spiro atoms. The number of amidine groups is 1. The summed E-state index contributed by atoms with van der Waals surface area (Å²) in [4.78, 5) is 0. The molecule has 0 bridgehead atoms. The zero-order valence-electron chi connectivity index (χ0n) is 11.5. The van der Waals surface area contributed by atoms with Gasteiger partial charge in [0.15, 0.2) is 17.4 Å². The van der Waals surface area contributed by atoms with Gasteiger partial charge in [0.1, 0.15) is 5.75 Å². The van der Waals surface area contributed by atoms with E-state index in [1.54, 1.807) is 12.1 Å². The van der Waals surface area contributed by atoms with Crippen LogP contribution < -0.4 is 10.5 Å². The van der Waals surface area contributed by atoms with E-state index in [2.05, 4.69) is 5.16 Å². The fourth-order valence-electron chi connectivity index (χ4n) is 1.97. The van der Waals surface area contributed by atoms with Crippen molar-refractivity contribution in [1.29, 1.82) is 0 Å². The van der Waals surface area contributed by atoms with Crippen LogP contribution >= 0.6 is 11.6 Å². The van der Waals surface area contributed by atoms with Gasteiger partial charge < -0.3 is 15.7 Å². The number of hydrogen-bond donors (Lipinski definition) is 2. The van der Waals surface area contributed by atoms with Crippen molar-refractivity contribution < 1.29 is 14.3 Å². The predicted octanol–water partition coefficient (Wildman–Crippen LogP) is 3.98. The molecule has 2 rings (SSSR count). The molecule has 0 saturated heterocycles. The van der Waals surface area contributed by atoms with Gasteiger partial charge in [-0.1, -0.05) is 16.8 Å². The van der Waals surface area contributed by atoms with E-state index in [-0.39, 0.29) is 17.1 Å². The lowest BCUT2D eigenvalue weighted by Crippen LogP contribution is -2.13. The van der Waals surface area contributed by atoms with Crippen LogP contribution in [-0.2, 0) is 0 Å². The zero-order chi connectivity index (χ0) is 15.6. The van der Waals surface area contributed by atoms with Gasteiger partial charge in [-0.3, -0.25) is 0 Å². The van der Waals surface area contributed by atoms with Crippen LogP contribution in [0.5, 0.6) is 11.5 Å². The molecule has 2 aromatic carbocycles. The maximum absolute atomic E-state index is 14.0. The molecule has 6 heteroatoms. The van der Waals surface area contributed by atoms with E-state index in [9.17, 15) is 4.39 Å². The monoisotopic (exact) mass is 308 g/mol. The normalized spacial score (nSPS) is 11.5. The molecular formula is C15H14ClFN2O2. The van der Waals surface area contributed by atoms with Gasteiger partial charge in [0, 0.05) is 10.6 Å². The van der Waals surface area contributed by atoms with Crippen LogP contribution in [0.15, 0.2) is 35.5 Å². The number of hydrogen-bond acceptors (Lipinski definition) is 3. The summed E-state index contributed by atoms with van der Waals surface area (Å²) in [6.45, 7) is 3.66. The Morgan fingerprint density at radius 1 is 1.24 bits per heavy atom. The second-order valence-corrected chi connectivity index (χ2v) is 5.04. The first-order chi connectivity index (χ1) is 9.92. The molecule has 0 radical (unpaired) electrons. The van der Waals surface area contributed by atoms with Crippen LogP contribution in [0.25, 0.3) is 0 Å². The molecule has 0 unspecified atom stereocenters. The van der Waals surface area contributed by atoms with E-state index in [1.165, 1.54) is 12.1 Å². The summed E-state index contributed by atoms with van der Waals surface area (Å²) < 4.78 is 19.6. The maximum Gasteiger partial charge on any atom is 0.170 e. The standard InChI is InChI=1S/C15H14ClFN2O2/c1-8-5-11(16)6-9(2)14(8)21-13-4-3-10(7-12(13)17)15(18)19-20/h3-7,20H,1-2H3,(H2,18,19). The van der Waals surface area contributed by atoms with Crippen LogP contribution in [-0.4, -0.2) is 11.0 Å². The Morgan fingerprint density at radius 2 is 1.86 bits per heavy atom. The Morgan fingerprint density at radius 3 is 2.38 bits per heavy atom. The number of aryl methyl sites for hydroxylation is 2. The third-order valence-electron chi connectivity index (χ3n) is 2.97. The summed E-state index contributed by atoms with van der Waals surface area (Å²) in [6, 6.07) is 7.56. The smallest absolute Gasteiger partial charge is 0.170 e. The molecule has 4 nitrogen and oxygen atoms in total. The Labute approximate surface area is 126 Å². The topological polar surface area (TPSA) is 67.8 Å². The van der Waals surface area contributed by atoms with Crippen molar-refractivity contribution in [1.82, 2.24) is 0 Å². The molecule has 0 amide bonds. The highest BCUT2D eigenvalue weighted by Gasteiger charge is 2.12. The van der Waals surface area contributed by atoms with E-state index >= 15 is 0 Å². The summed E-state index contributed by atoms with van der Waals surface area (Å²) in [5.41, 5.74) is 7.29. The van der Waals surface area contributed by atoms with Crippen LogP contribution in [0.3, 0.4) is 0 Å². The Balaban J connectivity index is 2.37. The van der Waals surface area contributed by atoms with Crippen molar-refractivity contribution in [3.05, 3.63) is 57.9 Å². The van der Waals surface area contributed by atoms with Crippen LogP contribution in [0.1, 0.15) is 16.7 Å². The van der Waals surface area contributed by atoms with Gasteiger partial charge in [0.25, 0.3) is 0 Å². The number of rotatable bonds is 3. The molecule has 0 saturated carbocycles. The molecule has 0 aliphatic carbocycles. The van der Waals surface area contributed by atoms with Crippen LogP contribution in [0, 0.1) is 19.7 Å². The first-order valence-electron chi connectivity index (χ1n) is 6.14. The van der Waals surface area contributed by atoms with E-state index in [4.69, 9.17) is 27.3 Å². The summed E-state index contributed by atoms with van der Waals surface area (Å²) in [5, 5.41) is 12.0. The zero-order valence-corrected chi connectivity index (χ0v) is 12.3. The van der Waals surface area contributed by atoms with Crippen molar-refractivity contribution in [2.75, 3.05) is 0 Å². The Hall–Kier alpha value is -2.27. The van der Waals surface area contributed by atoms with Gasteiger partial charge in [0.2, 0.25) is 0 Å². The van der Waals surface area contributed by atoms with Crippen molar-refractivity contribution in [2.45, 2.75) is 13.8 Å². The second kappa shape index (κ2) is 6.01. The summed E-state index contributed by atoms with van der Waals surface area (Å²) in [6.07, 6.45) is 0. The molecule has 3 N–H and O–H groups in total. The van der Waals surface area contributed by atoms with Gasteiger partial charge in [-0.05, 0) is 55.3 Å². The van der Waals surface area contributed by atoms with Gasteiger partial charge in [-0.25, -0.2) is 4.39 Å². The van der Waals surface area contributed by atoms with Gasteiger partial charge in [-0.2, -0.15) is 0 Å². The number of benzene rings is 2. The number of oxime groups is 1. The number of nitrogens with two attached hydrogens (primary N) is 1. The lowest BCUT2D eigenvalue weighted by Gasteiger charge is -2.13. The molecular weight excluding hydrogens is 295 g/mol. The summed E-state index contributed by atoms with van der Waals surface area (Å²) in [7, 11) is 0. The lowest BCUT2D eigenvalue weighted by atomic mass is 10.1. The molecule has 0 aliphatic heterocycles. The molecule has 2 aromatic rings. The quantitative estimate of drug-likeness (QED) is 0.390.